The SMILES string of the molecule is CC(c1ccccc1)c1c(C(C)c2ccccc2)c(C(C)c2ccccc2)c(C(C)c2ccccc2)c(C(C)c2ccccc2)c1C(C)c1ccccc1. The van der Waals surface area contributed by atoms with Crippen molar-refractivity contribution in [3.63, 3.8) is 0 Å². The highest BCUT2D eigenvalue weighted by atomic mass is 14.4. The van der Waals surface area contributed by atoms with Gasteiger partial charge in [-0.15, -0.1) is 0 Å². The van der Waals surface area contributed by atoms with Gasteiger partial charge in [-0.1, -0.05) is 224 Å². The van der Waals surface area contributed by atoms with Gasteiger partial charge >= 0.3 is 0 Å². The van der Waals surface area contributed by atoms with E-state index in [4.69, 9.17) is 0 Å². The Bertz CT molecular complexity index is 1780. The van der Waals surface area contributed by atoms with E-state index in [1.165, 1.54) is 66.8 Å². The third-order valence-corrected chi connectivity index (χ3v) is 12.1. The minimum absolute atomic E-state index is 0.151. The van der Waals surface area contributed by atoms with E-state index in [0.717, 1.165) is 0 Å². The number of rotatable bonds is 12. The van der Waals surface area contributed by atoms with E-state index in [0.29, 0.717) is 0 Å². The second-order valence-corrected chi connectivity index (χ2v) is 15.3. The van der Waals surface area contributed by atoms with E-state index in [1.54, 1.807) is 0 Å². The Morgan fingerprint density at radius 1 is 0.185 bits per heavy atom. The van der Waals surface area contributed by atoms with Gasteiger partial charge < -0.3 is 0 Å². The molecule has 0 aliphatic rings. The first kappa shape index (κ1) is 36.9. The minimum atomic E-state index is 0.151. The van der Waals surface area contributed by atoms with Gasteiger partial charge in [-0.3, -0.25) is 0 Å². The monoisotopic (exact) mass is 702 g/mol. The van der Waals surface area contributed by atoms with Gasteiger partial charge in [-0.05, 0) is 66.8 Å². The summed E-state index contributed by atoms with van der Waals surface area (Å²) in [5, 5.41) is 0. The standard InChI is InChI=1S/C54H54/c1-37(43-25-13-7-14-26-43)49-50(38(2)44-27-15-8-16-28-44)52(40(4)46-31-19-10-20-32-46)54(42(6)48-35-23-12-24-36-48)53(41(5)47-33-21-11-22-34-47)51(49)39(3)45-29-17-9-18-30-45/h7-42H,1-6H3. The van der Waals surface area contributed by atoms with E-state index in [-0.39, 0.29) is 35.5 Å². The highest BCUT2D eigenvalue weighted by molar-refractivity contribution is 5.66. The minimum Gasteiger partial charge on any atom is -0.0622 e. The quantitative estimate of drug-likeness (QED) is 0.119. The van der Waals surface area contributed by atoms with Gasteiger partial charge in [0.05, 0.1) is 0 Å². The van der Waals surface area contributed by atoms with Gasteiger partial charge in [0.2, 0.25) is 0 Å². The summed E-state index contributed by atoms with van der Waals surface area (Å²) in [7, 11) is 0. The Hall–Kier alpha value is -5.46. The third-order valence-electron chi connectivity index (χ3n) is 12.1. The lowest BCUT2D eigenvalue weighted by molar-refractivity contribution is 0.715. The molecule has 0 nitrogen and oxygen atoms in total. The van der Waals surface area contributed by atoms with Gasteiger partial charge in [-0.25, -0.2) is 0 Å². The summed E-state index contributed by atoms with van der Waals surface area (Å²) >= 11 is 0. The van der Waals surface area contributed by atoms with Crippen molar-refractivity contribution in [3.05, 3.63) is 249 Å². The molecule has 0 bridgehead atoms. The fourth-order valence-corrected chi connectivity index (χ4v) is 9.12. The zero-order chi connectivity index (χ0) is 37.6. The summed E-state index contributed by atoms with van der Waals surface area (Å²) in [6.07, 6.45) is 0. The van der Waals surface area contributed by atoms with E-state index >= 15 is 0 Å². The van der Waals surface area contributed by atoms with Crippen molar-refractivity contribution in [2.45, 2.75) is 77.0 Å². The molecule has 54 heavy (non-hydrogen) atoms. The molecule has 6 atom stereocenters. The summed E-state index contributed by atoms with van der Waals surface area (Å²) in [6.45, 7) is 14.8. The molecule has 0 fully saturated rings. The molecule has 0 spiro atoms. The molecule has 7 rings (SSSR count). The van der Waals surface area contributed by atoms with Crippen LogP contribution < -0.4 is 0 Å². The average molecular weight is 703 g/mol. The number of hydrogen-bond acceptors (Lipinski definition) is 0. The van der Waals surface area contributed by atoms with E-state index in [2.05, 4.69) is 224 Å². The van der Waals surface area contributed by atoms with E-state index in [1.807, 2.05) is 0 Å². The lowest BCUT2D eigenvalue weighted by Gasteiger charge is -2.39. The van der Waals surface area contributed by atoms with Crippen molar-refractivity contribution >= 4 is 0 Å². The summed E-state index contributed by atoms with van der Waals surface area (Å²) < 4.78 is 0. The smallest absolute Gasteiger partial charge is 0.00671 e. The van der Waals surface area contributed by atoms with Crippen molar-refractivity contribution in [1.82, 2.24) is 0 Å². The lowest BCUT2D eigenvalue weighted by atomic mass is 9.64. The Morgan fingerprint density at radius 3 is 0.407 bits per heavy atom. The van der Waals surface area contributed by atoms with Gasteiger partial charge in [0.1, 0.15) is 0 Å². The van der Waals surface area contributed by atoms with Crippen LogP contribution in [0.5, 0.6) is 0 Å². The van der Waals surface area contributed by atoms with Crippen molar-refractivity contribution in [3.8, 4) is 0 Å². The summed E-state index contributed by atoms with van der Waals surface area (Å²) in [5.41, 5.74) is 17.0. The first-order valence-electron chi connectivity index (χ1n) is 19.9. The second-order valence-electron chi connectivity index (χ2n) is 15.3. The molecule has 270 valence electrons. The Kier molecular flexibility index (Phi) is 11.4. The molecule has 7 aromatic rings. The Morgan fingerprint density at radius 2 is 0.296 bits per heavy atom. The van der Waals surface area contributed by atoms with E-state index < -0.39 is 0 Å². The molecule has 6 unspecified atom stereocenters. The third kappa shape index (κ3) is 7.36. The van der Waals surface area contributed by atoms with Crippen LogP contribution in [0.4, 0.5) is 0 Å². The maximum Gasteiger partial charge on any atom is 0.00671 e. The molecule has 0 radical (unpaired) electrons. The summed E-state index contributed by atoms with van der Waals surface area (Å²) in [4.78, 5) is 0. The molecular formula is C54H54. The molecule has 0 amide bonds. The van der Waals surface area contributed by atoms with Crippen LogP contribution >= 0.6 is 0 Å². The Labute approximate surface area is 324 Å². The Balaban J connectivity index is 1.74. The molecule has 0 aromatic heterocycles. The fraction of sp³-hybridized carbons (Fsp3) is 0.222. The molecule has 0 N–H and O–H groups in total. The number of benzene rings is 7. The second kappa shape index (κ2) is 16.7. The van der Waals surface area contributed by atoms with Crippen LogP contribution in [0, 0.1) is 0 Å². The first-order valence-corrected chi connectivity index (χ1v) is 19.9. The topological polar surface area (TPSA) is 0 Å². The van der Waals surface area contributed by atoms with Crippen LogP contribution in [0.1, 0.15) is 144 Å². The molecule has 0 heterocycles. The zero-order valence-corrected chi connectivity index (χ0v) is 32.8. The average Bonchev–Trinajstić information content (AvgIpc) is 3.25. The van der Waals surface area contributed by atoms with Crippen LogP contribution in [-0.2, 0) is 0 Å². The van der Waals surface area contributed by atoms with Gasteiger partial charge in [0.15, 0.2) is 0 Å². The predicted octanol–water partition coefficient (Wildman–Crippen LogP) is 14.6. The van der Waals surface area contributed by atoms with Gasteiger partial charge in [0.25, 0.3) is 0 Å². The maximum atomic E-state index is 2.46. The molecule has 0 heteroatoms. The van der Waals surface area contributed by atoms with Crippen molar-refractivity contribution < 1.29 is 0 Å². The van der Waals surface area contributed by atoms with Crippen LogP contribution in [0.15, 0.2) is 182 Å². The highest BCUT2D eigenvalue weighted by Crippen LogP contribution is 2.53. The molecule has 7 aromatic carbocycles. The zero-order valence-electron chi connectivity index (χ0n) is 32.8. The predicted molar refractivity (Wildman–Crippen MR) is 230 cm³/mol. The van der Waals surface area contributed by atoms with Gasteiger partial charge in [-0.2, -0.15) is 0 Å². The van der Waals surface area contributed by atoms with Crippen molar-refractivity contribution in [1.29, 1.82) is 0 Å². The molecule has 0 saturated carbocycles. The van der Waals surface area contributed by atoms with Crippen molar-refractivity contribution in [2.75, 3.05) is 0 Å². The molecule has 0 aliphatic carbocycles. The summed E-state index contributed by atoms with van der Waals surface area (Å²) in [5.74, 6) is 0.906. The largest absolute Gasteiger partial charge is 0.0622 e. The lowest BCUT2D eigenvalue weighted by Crippen LogP contribution is -2.23. The molecule has 0 aliphatic heterocycles. The normalized spacial score (nSPS) is 14.8. The molecular weight excluding hydrogens is 649 g/mol. The fourth-order valence-electron chi connectivity index (χ4n) is 9.12. The van der Waals surface area contributed by atoms with Crippen LogP contribution in [0.2, 0.25) is 0 Å². The van der Waals surface area contributed by atoms with Crippen molar-refractivity contribution in [2.24, 2.45) is 0 Å². The summed E-state index contributed by atoms with van der Waals surface area (Å²) in [6, 6.07) is 67.4. The first-order chi connectivity index (χ1) is 26.4. The van der Waals surface area contributed by atoms with E-state index in [9.17, 15) is 0 Å². The number of hydrogen-bond donors (Lipinski definition) is 0. The van der Waals surface area contributed by atoms with Crippen LogP contribution in [-0.4, -0.2) is 0 Å². The maximum absolute atomic E-state index is 2.46. The van der Waals surface area contributed by atoms with Crippen LogP contribution in [0.3, 0.4) is 0 Å². The molecule has 0 saturated heterocycles. The van der Waals surface area contributed by atoms with Crippen LogP contribution in [0.25, 0.3) is 0 Å². The van der Waals surface area contributed by atoms with Gasteiger partial charge in [0, 0.05) is 35.5 Å². The highest BCUT2D eigenvalue weighted by Gasteiger charge is 2.37.